The molecule has 1 heterocycles. The van der Waals surface area contributed by atoms with Gasteiger partial charge in [0.2, 0.25) is 5.91 Å². The number of rotatable bonds is 5. The van der Waals surface area contributed by atoms with Gasteiger partial charge in [0.05, 0.1) is 0 Å². The number of carbonyl (C=O) groups excluding carboxylic acids is 1. The van der Waals surface area contributed by atoms with Gasteiger partial charge in [0.25, 0.3) is 0 Å². The first kappa shape index (κ1) is 13.5. The molecule has 1 saturated heterocycles. The van der Waals surface area contributed by atoms with E-state index in [1.807, 2.05) is 0 Å². The highest BCUT2D eigenvalue weighted by atomic mass is 16.1. The van der Waals surface area contributed by atoms with Gasteiger partial charge in [-0.25, -0.2) is 0 Å². The molecule has 1 rings (SSSR count). The molecule has 1 unspecified atom stereocenters. The highest BCUT2D eigenvalue weighted by molar-refractivity contribution is 5.78. The van der Waals surface area contributed by atoms with Crippen LogP contribution in [0.4, 0.5) is 0 Å². The Labute approximate surface area is 99.4 Å². The Morgan fingerprint density at radius 2 is 1.88 bits per heavy atom. The summed E-state index contributed by atoms with van der Waals surface area (Å²) < 4.78 is 0. The van der Waals surface area contributed by atoms with Crippen molar-refractivity contribution >= 4 is 5.91 Å². The van der Waals surface area contributed by atoms with Crippen LogP contribution < -0.4 is 10.6 Å². The second kappa shape index (κ2) is 6.89. The van der Waals surface area contributed by atoms with Gasteiger partial charge in [0, 0.05) is 12.0 Å². The minimum Gasteiger partial charge on any atom is -0.353 e. The van der Waals surface area contributed by atoms with Crippen LogP contribution in [0.25, 0.3) is 0 Å². The lowest BCUT2D eigenvalue weighted by atomic mass is 9.90. The van der Waals surface area contributed by atoms with E-state index in [0.717, 1.165) is 25.9 Å². The first-order chi connectivity index (χ1) is 7.69. The summed E-state index contributed by atoms with van der Waals surface area (Å²) in [6.45, 7) is 8.51. The molecule has 2 N–H and O–H groups in total. The van der Waals surface area contributed by atoms with E-state index in [2.05, 4.69) is 31.4 Å². The van der Waals surface area contributed by atoms with Crippen molar-refractivity contribution in [2.24, 2.45) is 11.8 Å². The molecular formula is C13H26N2O. The maximum atomic E-state index is 11.9. The van der Waals surface area contributed by atoms with Gasteiger partial charge >= 0.3 is 0 Å². The van der Waals surface area contributed by atoms with Gasteiger partial charge in [-0.3, -0.25) is 4.79 Å². The van der Waals surface area contributed by atoms with Gasteiger partial charge < -0.3 is 10.6 Å². The van der Waals surface area contributed by atoms with Crippen molar-refractivity contribution in [3.05, 3.63) is 0 Å². The summed E-state index contributed by atoms with van der Waals surface area (Å²) >= 11 is 0. The summed E-state index contributed by atoms with van der Waals surface area (Å²) in [5.41, 5.74) is 0. The van der Waals surface area contributed by atoms with Gasteiger partial charge in [0.1, 0.15) is 0 Å². The Morgan fingerprint density at radius 3 is 2.38 bits per heavy atom. The lowest BCUT2D eigenvalue weighted by molar-refractivity contribution is -0.126. The lowest BCUT2D eigenvalue weighted by Crippen LogP contribution is -2.44. The summed E-state index contributed by atoms with van der Waals surface area (Å²) in [4.78, 5) is 11.9. The highest BCUT2D eigenvalue weighted by Crippen LogP contribution is 2.17. The quantitative estimate of drug-likeness (QED) is 0.752. The van der Waals surface area contributed by atoms with Crippen molar-refractivity contribution in [3.63, 3.8) is 0 Å². The van der Waals surface area contributed by atoms with E-state index in [-0.39, 0.29) is 11.8 Å². The van der Waals surface area contributed by atoms with E-state index in [4.69, 9.17) is 0 Å². The maximum absolute atomic E-state index is 11.9. The molecule has 0 saturated carbocycles. The molecule has 1 aliphatic rings. The van der Waals surface area contributed by atoms with Gasteiger partial charge in [-0.2, -0.15) is 0 Å². The number of piperidine rings is 1. The Morgan fingerprint density at radius 1 is 1.31 bits per heavy atom. The average Bonchev–Trinajstić information content (AvgIpc) is 2.31. The van der Waals surface area contributed by atoms with Crippen LogP contribution in [0.3, 0.4) is 0 Å². The van der Waals surface area contributed by atoms with E-state index >= 15 is 0 Å². The third-order valence-electron chi connectivity index (χ3n) is 3.82. The predicted molar refractivity (Wildman–Crippen MR) is 67.3 cm³/mol. The molecule has 0 spiro atoms. The molecule has 0 aliphatic carbocycles. The topological polar surface area (TPSA) is 41.1 Å². The normalized spacial score (nSPS) is 19.8. The monoisotopic (exact) mass is 226 g/mol. The van der Waals surface area contributed by atoms with E-state index in [1.54, 1.807) is 0 Å². The standard InChI is InChI=1S/C13H26N2O/c1-4-11(5-2)13(16)15-10(3)12-6-8-14-9-7-12/h10-12,14H,4-9H2,1-3H3,(H,15,16). The van der Waals surface area contributed by atoms with Crippen LogP contribution in [0.2, 0.25) is 0 Å². The number of nitrogens with one attached hydrogen (secondary N) is 2. The number of hydrogen-bond donors (Lipinski definition) is 2. The largest absolute Gasteiger partial charge is 0.353 e. The Bertz CT molecular complexity index is 208. The van der Waals surface area contributed by atoms with Crippen LogP contribution in [0.5, 0.6) is 0 Å². The molecular weight excluding hydrogens is 200 g/mol. The van der Waals surface area contributed by atoms with Crippen LogP contribution in [0.15, 0.2) is 0 Å². The van der Waals surface area contributed by atoms with Crippen molar-refractivity contribution in [1.82, 2.24) is 10.6 Å². The van der Waals surface area contributed by atoms with Crippen LogP contribution in [-0.2, 0) is 4.79 Å². The zero-order valence-corrected chi connectivity index (χ0v) is 10.9. The van der Waals surface area contributed by atoms with E-state index < -0.39 is 0 Å². The minimum absolute atomic E-state index is 0.198. The zero-order chi connectivity index (χ0) is 12.0. The first-order valence-corrected chi connectivity index (χ1v) is 6.70. The van der Waals surface area contributed by atoms with Crippen LogP contribution in [0.1, 0.15) is 46.5 Å². The molecule has 0 radical (unpaired) electrons. The third-order valence-corrected chi connectivity index (χ3v) is 3.82. The SMILES string of the molecule is CCC(CC)C(=O)NC(C)C1CCNCC1. The number of amides is 1. The fraction of sp³-hybridized carbons (Fsp3) is 0.923. The number of hydrogen-bond acceptors (Lipinski definition) is 2. The number of carbonyl (C=O) groups is 1. The van der Waals surface area contributed by atoms with E-state index in [1.165, 1.54) is 12.8 Å². The fourth-order valence-corrected chi connectivity index (χ4v) is 2.46. The lowest BCUT2D eigenvalue weighted by Gasteiger charge is -2.29. The molecule has 3 nitrogen and oxygen atoms in total. The van der Waals surface area contributed by atoms with E-state index in [9.17, 15) is 4.79 Å². The second-order valence-corrected chi connectivity index (χ2v) is 4.90. The van der Waals surface area contributed by atoms with Crippen LogP contribution in [0, 0.1) is 11.8 Å². The van der Waals surface area contributed by atoms with Crippen LogP contribution >= 0.6 is 0 Å². The van der Waals surface area contributed by atoms with Crippen molar-refractivity contribution in [2.75, 3.05) is 13.1 Å². The van der Waals surface area contributed by atoms with Gasteiger partial charge in [0.15, 0.2) is 0 Å². The summed E-state index contributed by atoms with van der Waals surface area (Å²) in [6, 6.07) is 0.329. The minimum atomic E-state index is 0.198. The zero-order valence-electron chi connectivity index (χ0n) is 10.9. The van der Waals surface area contributed by atoms with Crippen molar-refractivity contribution in [3.8, 4) is 0 Å². The van der Waals surface area contributed by atoms with Crippen molar-refractivity contribution in [1.29, 1.82) is 0 Å². The molecule has 1 amide bonds. The molecule has 94 valence electrons. The molecule has 1 fully saturated rings. The molecule has 0 aromatic rings. The molecule has 0 bridgehead atoms. The predicted octanol–water partition coefficient (Wildman–Crippen LogP) is 1.93. The summed E-state index contributed by atoms with van der Waals surface area (Å²) in [6.07, 6.45) is 4.26. The second-order valence-electron chi connectivity index (χ2n) is 4.90. The van der Waals surface area contributed by atoms with Gasteiger partial charge in [-0.1, -0.05) is 13.8 Å². The van der Waals surface area contributed by atoms with Gasteiger partial charge in [-0.05, 0) is 51.6 Å². The van der Waals surface area contributed by atoms with Gasteiger partial charge in [-0.15, -0.1) is 0 Å². The first-order valence-electron chi connectivity index (χ1n) is 6.70. The fourth-order valence-electron chi connectivity index (χ4n) is 2.46. The molecule has 16 heavy (non-hydrogen) atoms. The Kier molecular flexibility index (Phi) is 5.81. The maximum Gasteiger partial charge on any atom is 0.223 e. The van der Waals surface area contributed by atoms with Crippen LogP contribution in [-0.4, -0.2) is 25.0 Å². The summed E-state index contributed by atoms with van der Waals surface area (Å²) in [7, 11) is 0. The Balaban J connectivity index is 2.36. The summed E-state index contributed by atoms with van der Waals surface area (Å²) in [5.74, 6) is 1.10. The van der Waals surface area contributed by atoms with Crippen molar-refractivity contribution < 1.29 is 4.79 Å². The highest BCUT2D eigenvalue weighted by Gasteiger charge is 2.23. The van der Waals surface area contributed by atoms with E-state index in [0.29, 0.717) is 12.0 Å². The molecule has 0 aromatic heterocycles. The third kappa shape index (κ3) is 3.78. The molecule has 1 atom stereocenters. The molecule has 0 aromatic carbocycles. The molecule has 3 heteroatoms. The summed E-state index contributed by atoms with van der Waals surface area (Å²) in [5, 5.41) is 6.54. The average molecular weight is 226 g/mol. The smallest absolute Gasteiger partial charge is 0.223 e. The van der Waals surface area contributed by atoms with Crippen molar-refractivity contribution in [2.45, 2.75) is 52.5 Å². The molecule has 1 aliphatic heterocycles. The Hall–Kier alpha value is -0.570.